The van der Waals surface area contributed by atoms with E-state index in [1.165, 1.54) is 0 Å². The number of pyridine rings is 1. The summed E-state index contributed by atoms with van der Waals surface area (Å²) < 4.78 is 5.25. The second-order valence-electron chi connectivity index (χ2n) is 4.72. The Kier molecular flexibility index (Phi) is 3.72. The molecule has 96 valence electrons. The molecule has 0 fully saturated rings. The summed E-state index contributed by atoms with van der Waals surface area (Å²) in [5.41, 5.74) is 6.71. The molecule has 0 spiro atoms. The lowest BCUT2D eigenvalue weighted by atomic mass is 9.98. The van der Waals surface area contributed by atoms with Gasteiger partial charge in [-0.2, -0.15) is 4.98 Å². The first kappa shape index (κ1) is 12.7. The Hall–Kier alpha value is -1.75. The van der Waals surface area contributed by atoms with Crippen molar-refractivity contribution in [2.45, 2.75) is 38.6 Å². The lowest BCUT2D eigenvalue weighted by molar-refractivity contribution is 0.282. The third-order valence-corrected chi connectivity index (χ3v) is 2.84. The molecule has 1 unspecified atom stereocenters. The highest BCUT2D eigenvalue weighted by atomic mass is 16.5. The van der Waals surface area contributed by atoms with E-state index in [0.29, 0.717) is 18.1 Å². The molecular formula is C13H18N4O. The van der Waals surface area contributed by atoms with Crippen LogP contribution < -0.4 is 5.73 Å². The topological polar surface area (TPSA) is 77.8 Å². The van der Waals surface area contributed by atoms with Crippen LogP contribution in [0.3, 0.4) is 0 Å². The third kappa shape index (κ3) is 2.92. The first-order valence-corrected chi connectivity index (χ1v) is 6.12. The molecule has 2 rings (SSSR count). The average molecular weight is 246 g/mol. The summed E-state index contributed by atoms with van der Waals surface area (Å²) in [6.45, 7) is 4.00. The van der Waals surface area contributed by atoms with E-state index in [0.717, 1.165) is 18.4 Å². The zero-order valence-corrected chi connectivity index (χ0v) is 10.8. The standard InChI is InChI=1S/C13H18N4O/c1-3-6-13(2,14)12-16-11(17-18-12)9-10-4-7-15-8-5-10/h4-5,7-8H,3,6,9,14H2,1-2H3. The van der Waals surface area contributed by atoms with Crippen LogP contribution in [0.15, 0.2) is 29.0 Å². The Bertz CT molecular complexity index is 493. The van der Waals surface area contributed by atoms with Crippen molar-refractivity contribution in [2.75, 3.05) is 0 Å². The smallest absolute Gasteiger partial charge is 0.246 e. The van der Waals surface area contributed by atoms with Gasteiger partial charge in [-0.25, -0.2) is 0 Å². The summed E-state index contributed by atoms with van der Waals surface area (Å²) in [6.07, 6.45) is 5.94. The number of aromatic nitrogens is 3. The molecule has 2 aromatic heterocycles. The highest BCUT2D eigenvalue weighted by Gasteiger charge is 2.27. The maximum atomic E-state index is 6.15. The molecule has 5 heteroatoms. The summed E-state index contributed by atoms with van der Waals surface area (Å²) in [5, 5.41) is 3.97. The Balaban J connectivity index is 2.11. The number of hydrogen-bond donors (Lipinski definition) is 1. The SMILES string of the molecule is CCCC(C)(N)c1nc(Cc2ccncc2)no1. The van der Waals surface area contributed by atoms with Crippen molar-refractivity contribution in [1.82, 2.24) is 15.1 Å². The molecule has 0 aromatic carbocycles. The van der Waals surface area contributed by atoms with E-state index >= 15 is 0 Å². The Morgan fingerprint density at radius 3 is 2.72 bits per heavy atom. The van der Waals surface area contributed by atoms with Gasteiger partial charge in [0.2, 0.25) is 5.89 Å². The van der Waals surface area contributed by atoms with Gasteiger partial charge in [0.15, 0.2) is 5.82 Å². The normalized spacial score (nSPS) is 14.4. The van der Waals surface area contributed by atoms with Crippen LogP contribution in [0.4, 0.5) is 0 Å². The van der Waals surface area contributed by atoms with E-state index in [2.05, 4.69) is 22.0 Å². The molecule has 5 nitrogen and oxygen atoms in total. The molecule has 18 heavy (non-hydrogen) atoms. The second kappa shape index (κ2) is 5.27. The summed E-state index contributed by atoms with van der Waals surface area (Å²) >= 11 is 0. The summed E-state index contributed by atoms with van der Waals surface area (Å²) in [7, 11) is 0. The van der Waals surface area contributed by atoms with Gasteiger partial charge in [-0.15, -0.1) is 0 Å². The molecule has 0 saturated heterocycles. The van der Waals surface area contributed by atoms with Crippen molar-refractivity contribution in [3.05, 3.63) is 41.8 Å². The van der Waals surface area contributed by atoms with Gasteiger partial charge in [0.05, 0.1) is 5.54 Å². The van der Waals surface area contributed by atoms with Gasteiger partial charge in [-0.1, -0.05) is 18.5 Å². The van der Waals surface area contributed by atoms with E-state index < -0.39 is 5.54 Å². The predicted molar refractivity (Wildman–Crippen MR) is 67.8 cm³/mol. The van der Waals surface area contributed by atoms with Crippen molar-refractivity contribution in [1.29, 1.82) is 0 Å². The molecular weight excluding hydrogens is 228 g/mol. The Morgan fingerprint density at radius 2 is 2.06 bits per heavy atom. The van der Waals surface area contributed by atoms with Crippen LogP contribution in [0.5, 0.6) is 0 Å². The van der Waals surface area contributed by atoms with Gasteiger partial charge in [-0.3, -0.25) is 4.98 Å². The van der Waals surface area contributed by atoms with Crippen molar-refractivity contribution in [3.8, 4) is 0 Å². The van der Waals surface area contributed by atoms with E-state index in [1.54, 1.807) is 12.4 Å². The van der Waals surface area contributed by atoms with Gasteiger partial charge in [0, 0.05) is 18.8 Å². The van der Waals surface area contributed by atoms with Crippen LogP contribution >= 0.6 is 0 Å². The fourth-order valence-electron chi connectivity index (χ4n) is 1.87. The lowest BCUT2D eigenvalue weighted by Gasteiger charge is -2.18. The fourth-order valence-corrected chi connectivity index (χ4v) is 1.87. The maximum absolute atomic E-state index is 6.15. The van der Waals surface area contributed by atoms with Crippen LogP contribution in [0.2, 0.25) is 0 Å². The van der Waals surface area contributed by atoms with Crippen LogP contribution in [0.25, 0.3) is 0 Å². The Morgan fingerprint density at radius 1 is 1.33 bits per heavy atom. The van der Waals surface area contributed by atoms with E-state index in [-0.39, 0.29) is 0 Å². The number of nitrogens with zero attached hydrogens (tertiary/aromatic N) is 3. The van der Waals surface area contributed by atoms with Crippen LogP contribution in [-0.2, 0) is 12.0 Å². The highest BCUT2D eigenvalue weighted by Crippen LogP contribution is 2.21. The highest BCUT2D eigenvalue weighted by molar-refractivity contribution is 5.15. The molecule has 2 heterocycles. The fraction of sp³-hybridized carbons (Fsp3) is 0.462. The second-order valence-corrected chi connectivity index (χ2v) is 4.72. The molecule has 0 aliphatic carbocycles. The van der Waals surface area contributed by atoms with Crippen molar-refractivity contribution < 1.29 is 4.52 Å². The number of nitrogens with two attached hydrogens (primary N) is 1. The minimum Gasteiger partial charge on any atom is -0.337 e. The molecule has 2 N–H and O–H groups in total. The first-order chi connectivity index (χ1) is 8.62. The van der Waals surface area contributed by atoms with Gasteiger partial charge in [0.1, 0.15) is 0 Å². The van der Waals surface area contributed by atoms with Crippen molar-refractivity contribution in [2.24, 2.45) is 5.73 Å². The van der Waals surface area contributed by atoms with Crippen LogP contribution in [0, 0.1) is 0 Å². The van der Waals surface area contributed by atoms with Crippen LogP contribution in [0.1, 0.15) is 44.0 Å². The van der Waals surface area contributed by atoms with E-state index in [9.17, 15) is 0 Å². The molecule has 2 aromatic rings. The molecule has 0 aliphatic heterocycles. The molecule has 0 radical (unpaired) electrons. The minimum atomic E-state index is -0.543. The molecule has 0 saturated carbocycles. The first-order valence-electron chi connectivity index (χ1n) is 6.12. The van der Waals surface area contributed by atoms with Gasteiger partial charge >= 0.3 is 0 Å². The summed E-state index contributed by atoms with van der Waals surface area (Å²) in [4.78, 5) is 8.34. The van der Waals surface area contributed by atoms with Crippen molar-refractivity contribution in [3.63, 3.8) is 0 Å². The molecule has 1 atom stereocenters. The molecule has 0 aliphatic rings. The predicted octanol–water partition coefficient (Wildman–Crippen LogP) is 2.03. The van der Waals surface area contributed by atoms with E-state index in [1.807, 2.05) is 19.1 Å². The van der Waals surface area contributed by atoms with E-state index in [4.69, 9.17) is 10.3 Å². The lowest BCUT2D eigenvalue weighted by Crippen LogP contribution is -2.33. The Labute approximate surface area is 106 Å². The maximum Gasteiger partial charge on any atom is 0.246 e. The summed E-state index contributed by atoms with van der Waals surface area (Å²) in [5.74, 6) is 1.16. The summed E-state index contributed by atoms with van der Waals surface area (Å²) in [6, 6.07) is 3.87. The molecule has 0 bridgehead atoms. The average Bonchev–Trinajstić information content (AvgIpc) is 2.79. The molecule has 0 amide bonds. The van der Waals surface area contributed by atoms with Crippen LogP contribution in [-0.4, -0.2) is 15.1 Å². The van der Waals surface area contributed by atoms with Gasteiger partial charge < -0.3 is 10.3 Å². The van der Waals surface area contributed by atoms with Crippen molar-refractivity contribution >= 4 is 0 Å². The van der Waals surface area contributed by atoms with Gasteiger partial charge in [-0.05, 0) is 31.0 Å². The zero-order chi connectivity index (χ0) is 13.0. The number of hydrogen-bond acceptors (Lipinski definition) is 5. The largest absolute Gasteiger partial charge is 0.337 e. The zero-order valence-electron chi connectivity index (χ0n) is 10.8. The quantitative estimate of drug-likeness (QED) is 0.873. The third-order valence-electron chi connectivity index (χ3n) is 2.84. The monoisotopic (exact) mass is 246 g/mol. The minimum absolute atomic E-state index is 0.508. The van der Waals surface area contributed by atoms with Gasteiger partial charge in [0.25, 0.3) is 0 Å². The number of rotatable bonds is 5.